The van der Waals surface area contributed by atoms with Gasteiger partial charge in [-0.25, -0.2) is 0 Å². The number of nitrogen functional groups attached to an aromatic ring is 1. The van der Waals surface area contributed by atoms with Crippen molar-refractivity contribution in [1.29, 1.82) is 0 Å². The molecule has 0 unspecified atom stereocenters. The van der Waals surface area contributed by atoms with Crippen molar-refractivity contribution in [3.63, 3.8) is 0 Å². The Morgan fingerprint density at radius 3 is 2.63 bits per heavy atom. The second kappa shape index (κ2) is 4.19. The van der Waals surface area contributed by atoms with Gasteiger partial charge in [-0.1, -0.05) is 11.8 Å². The van der Waals surface area contributed by atoms with Gasteiger partial charge in [-0.15, -0.1) is 5.10 Å². The monoisotopic (exact) mass is 276 g/mol. The number of aromatic nitrogens is 7. The summed E-state index contributed by atoms with van der Waals surface area (Å²) < 4.78 is 3.15. The van der Waals surface area contributed by atoms with Gasteiger partial charge in [0.2, 0.25) is 11.8 Å². The van der Waals surface area contributed by atoms with E-state index in [1.54, 1.807) is 4.68 Å². The maximum Gasteiger partial charge on any atom is 0.258 e. The molecular formula is C10H12N8S. The smallest absolute Gasteiger partial charge is 0.258 e. The van der Waals surface area contributed by atoms with Gasteiger partial charge in [-0.05, 0) is 19.2 Å². The Kier molecular flexibility index (Phi) is 2.63. The zero-order chi connectivity index (χ0) is 13.6. The molecule has 19 heavy (non-hydrogen) atoms. The fraction of sp³-hybridized carbons (Fsp3) is 0.300. The molecule has 3 aromatic heterocycles. The van der Waals surface area contributed by atoms with E-state index in [9.17, 15) is 0 Å². The summed E-state index contributed by atoms with van der Waals surface area (Å²) in [7, 11) is 1.84. The SMILES string of the molecule is CSc1nc(N)n2nc(-c3cc(C)nn3C)nc2n1. The Bertz CT molecular complexity index is 758. The molecule has 2 N–H and O–H groups in total. The van der Waals surface area contributed by atoms with Crippen LogP contribution < -0.4 is 5.73 Å². The van der Waals surface area contributed by atoms with Crippen LogP contribution in [0.4, 0.5) is 5.95 Å². The van der Waals surface area contributed by atoms with E-state index >= 15 is 0 Å². The normalized spacial score (nSPS) is 11.3. The number of nitrogens with two attached hydrogens (primary N) is 1. The van der Waals surface area contributed by atoms with E-state index in [1.807, 2.05) is 26.3 Å². The molecule has 0 bridgehead atoms. The zero-order valence-corrected chi connectivity index (χ0v) is 11.5. The van der Waals surface area contributed by atoms with E-state index in [1.165, 1.54) is 16.3 Å². The number of rotatable bonds is 2. The third-order valence-corrected chi connectivity index (χ3v) is 3.17. The minimum atomic E-state index is 0.270. The fourth-order valence-electron chi connectivity index (χ4n) is 1.81. The molecule has 0 radical (unpaired) electrons. The van der Waals surface area contributed by atoms with Gasteiger partial charge in [-0.3, -0.25) is 4.68 Å². The topological polar surface area (TPSA) is 99.8 Å². The van der Waals surface area contributed by atoms with Crippen LogP contribution in [0.15, 0.2) is 11.2 Å². The number of fused-ring (bicyclic) bond motifs is 1. The molecule has 8 nitrogen and oxygen atoms in total. The summed E-state index contributed by atoms with van der Waals surface area (Å²) in [4.78, 5) is 12.8. The molecule has 0 amide bonds. The lowest BCUT2D eigenvalue weighted by atomic mass is 10.3. The quantitative estimate of drug-likeness (QED) is 0.681. The van der Waals surface area contributed by atoms with Crippen molar-refractivity contribution in [2.45, 2.75) is 12.1 Å². The van der Waals surface area contributed by atoms with Crippen LogP contribution in [0, 0.1) is 6.92 Å². The number of hydrogen-bond acceptors (Lipinski definition) is 7. The summed E-state index contributed by atoms with van der Waals surface area (Å²) >= 11 is 1.41. The van der Waals surface area contributed by atoms with Crippen LogP contribution in [0.1, 0.15) is 5.69 Å². The molecule has 0 fully saturated rings. The molecule has 9 heteroatoms. The fourth-order valence-corrected chi connectivity index (χ4v) is 2.16. The van der Waals surface area contributed by atoms with Gasteiger partial charge in [0.15, 0.2) is 5.16 Å². The molecule has 3 heterocycles. The Morgan fingerprint density at radius 2 is 2.00 bits per heavy atom. The van der Waals surface area contributed by atoms with Crippen molar-refractivity contribution in [2.24, 2.45) is 7.05 Å². The highest BCUT2D eigenvalue weighted by Crippen LogP contribution is 2.18. The maximum absolute atomic E-state index is 5.84. The Balaban J connectivity index is 2.21. The first kappa shape index (κ1) is 11.9. The van der Waals surface area contributed by atoms with Gasteiger partial charge < -0.3 is 5.73 Å². The Hall–Kier alpha value is -2.16. The van der Waals surface area contributed by atoms with Crippen LogP contribution in [0.2, 0.25) is 0 Å². The third kappa shape index (κ3) is 1.91. The second-order valence-corrected chi connectivity index (χ2v) is 4.78. The van der Waals surface area contributed by atoms with E-state index in [0.29, 0.717) is 16.8 Å². The third-order valence-electron chi connectivity index (χ3n) is 2.63. The molecule has 0 aliphatic rings. The molecule has 0 saturated heterocycles. The van der Waals surface area contributed by atoms with Crippen LogP contribution in [0.3, 0.4) is 0 Å². The van der Waals surface area contributed by atoms with Crippen LogP contribution in [-0.4, -0.2) is 40.6 Å². The molecule has 3 aromatic rings. The first-order valence-corrected chi connectivity index (χ1v) is 6.76. The van der Waals surface area contributed by atoms with E-state index in [0.717, 1.165) is 11.4 Å². The van der Waals surface area contributed by atoms with Crippen molar-refractivity contribution in [2.75, 3.05) is 12.0 Å². The number of aryl methyl sites for hydroxylation is 2. The molecule has 0 atom stereocenters. The minimum absolute atomic E-state index is 0.270. The van der Waals surface area contributed by atoms with Crippen molar-refractivity contribution < 1.29 is 0 Å². The van der Waals surface area contributed by atoms with Crippen LogP contribution in [0.25, 0.3) is 17.3 Å². The number of nitrogens with zero attached hydrogens (tertiary/aromatic N) is 7. The lowest BCUT2D eigenvalue weighted by Gasteiger charge is -1.97. The van der Waals surface area contributed by atoms with E-state index in [4.69, 9.17) is 5.73 Å². The highest BCUT2D eigenvalue weighted by Gasteiger charge is 2.14. The average molecular weight is 276 g/mol. The molecule has 0 aliphatic carbocycles. The van der Waals surface area contributed by atoms with Crippen LogP contribution in [-0.2, 0) is 7.05 Å². The molecule has 0 aromatic carbocycles. The van der Waals surface area contributed by atoms with Crippen molar-refractivity contribution in [3.8, 4) is 11.5 Å². The Labute approximate surface area is 113 Å². The van der Waals surface area contributed by atoms with Crippen LogP contribution in [0.5, 0.6) is 0 Å². The molecule has 3 rings (SSSR count). The van der Waals surface area contributed by atoms with E-state index in [-0.39, 0.29) is 5.95 Å². The average Bonchev–Trinajstić information content (AvgIpc) is 2.92. The van der Waals surface area contributed by atoms with Crippen molar-refractivity contribution in [3.05, 3.63) is 11.8 Å². The molecule has 0 saturated carbocycles. The standard InChI is InChI=1S/C10H12N8S/c1-5-4-6(17(2)15-5)7-12-9-14-10(19-3)13-8(11)18(9)16-7/h4H,1-3H3,(H2,11,12,13,14,16). The molecule has 0 spiro atoms. The van der Waals surface area contributed by atoms with Crippen LogP contribution >= 0.6 is 11.8 Å². The van der Waals surface area contributed by atoms with E-state index in [2.05, 4.69) is 25.1 Å². The summed E-state index contributed by atoms with van der Waals surface area (Å²) in [6.07, 6.45) is 1.88. The minimum Gasteiger partial charge on any atom is -0.368 e. The highest BCUT2D eigenvalue weighted by atomic mass is 32.2. The van der Waals surface area contributed by atoms with E-state index < -0.39 is 0 Å². The predicted molar refractivity (Wildman–Crippen MR) is 71.7 cm³/mol. The molecular weight excluding hydrogens is 264 g/mol. The summed E-state index contributed by atoms with van der Waals surface area (Å²) in [5, 5.41) is 9.16. The highest BCUT2D eigenvalue weighted by molar-refractivity contribution is 7.98. The first-order valence-electron chi connectivity index (χ1n) is 5.54. The lowest BCUT2D eigenvalue weighted by molar-refractivity contribution is 0.757. The molecule has 98 valence electrons. The van der Waals surface area contributed by atoms with Gasteiger partial charge in [0.25, 0.3) is 5.78 Å². The number of hydrogen-bond donors (Lipinski definition) is 1. The predicted octanol–water partition coefficient (Wildman–Crippen LogP) is 0.532. The van der Waals surface area contributed by atoms with Crippen molar-refractivity contribution >= 4 is 23.5 Å². The first-order chi connectivity index (χ1) is 9.08. The molecule has 0 aliphatic heterocycles. The zero-order valence-electron chi connectivity index (χ0n) is 10.7. The second-order valence-electron chi connectivity index (χ2n) is 4.01. The van der Waals surface area contributed by atoms with Gasteiger partial charge in [0.1, 0.15) is 5.69 Å². The summed E-state index contributed by atoms with van der Waals surface area (Å²) in [6.45, 7) is 1.92. The number of anilines is 1. The largest absolute Gasteiger partial charge is 0.368 e. The summed E-state index contributed by atoms with van der Waals surface area (Å²) in [5.41, 5.74) is 7.56. The van der Waals surface area contributed by atoms with Gasteiger partial charge in [0, 0.05) is 7.05 Å². The summed E-state index contributed by atoms with van der Waals surface area (Å²) in [5.74, 6) is 1.24. The summed E-state index contributed by atoms with van der Waals surface area (Å²) in [6, 6.07) is 1.91. The van der Waals surface area contributed by atoms with Gasteiger partial charge in [0.05, 0.1) is 5.69 Å². The van der Waals surface area contributed by atoms with Gasteiger partial charge >= 0.3 is 0 Å². The number of thioether (sulfide) groups is 1. The Morgan fingerprint density at radius 1 is 1.21 bits per heavy atom. The lowest BCUT2D eigenvalue weighted by Crippen LogP contribution is -2.04. The van der Waals surface area contributed by atoms with Gasteiger partial charge in [-0.2, -0.15) is 24.6 Å². The van der Waals surface area contributed by atoms with Crippen molar-refractivity contribution in [1.82, 2.24) is 34.3 Å². The maximum atomic E-state index is 5.84.